The summed E-state index contributed by atoms with van der Waals surface area (Å²) in [5.41, 5.74) is 1.57. The summed E-state index contributed by atoms with van der Waals surface area (Å²) in [6.07, 6.45) is 2.68. The smallest absolute Gasteiger partial charge is 0.271 e. The highest BCUT2D eigenvalue weighted by Crippen LogP contribution is 2.16. The van der Waals surface area contributed by atoms with Gasteiger partial charge in [-0.2, -0.15) is 5.10 Å². The first-order chi connectivity index (χ1) is 10.9. The number of piperidine rings is 1. The summed E-state index contributed by atoms with van der Waals surface area (Å²) in [4.78, 5) is 28.1. The number of carbonyl (C=O) groups excluding carboxylic acids is 2. The molecule has 1 aliphatic heterocycles. The van der Waals surface area contributed by atoms with Crippen molar-refractivity contribution in [1.82, 2.24) is 19.6 Å². The molecule has 0 aliphatic carbocycles. The molecule has 1 aliphatic rings. The van der Waals surface area contributed by atoms with Gasteiger partial charge in [0.2, 0.25) is 5.91 Å². The summed E-state index contributed by atoms with van der Waals surface area (Å²) in [5, 5.41) is 4.50. The zero-order valence-corrected chi connectivity index (χ0v) is 14.7. The molecule has 1 aromatic rings. The van der Waals surface area contributed by atoms with Crippen LogP contribution < -0.4 is 0 Å². The van der Waals surface area contributed by atoms with Crippen LogP contribution in [-0.4, -0.2) is 58.1 Å². The molecule has 1 aromatic heterocycles. The van der Waals surface area contributed by atoms with Crippen LogP contribution in [0.1, 0.15) is 62.1 Å². The van der Waals surface area contributed by atoms with Crippen molar-refractivity contribution in [2.75, 3.05) is 26.7 Å². The molecule has 23 heavy (non-hydrogen) atoms. The zero-order chi connectivity index (χ0) is 17.0. The van der Waals surface area contributed by atoms with Crippen molar-refractivity contribution in [2.24, 2.45) is 0 Å². The molecule has 2 rings (SSSR count). The monoisotopic (exact) mass is 320 g/mol. The molecule has 0 spiro atoms. The molecule has 6 heteroatoms. The highest BCUT2D eigenvalue weighted by Gasteiger charge is 2.22. The maximum Gasteiger partial charge on any atom is 0.271 e. The molecule has 0 atom stereocenters. The molecule has 0 bridgehead atoms. The molecular formula is C17H28N4O2. The lowest BCUT2D eigenvalue weighted by Crippen LogP contribution is -2.42. The molecule has 2 amide bonds. The van der Waals surface area contributed by atoms with E-state index >= 15 is 0 Å². The first-order valence-electron chi connectivity index (χ1n) is 8.55. The third kappa shape index (κ3) is 4.12. The fourth-order valence-corrected chi connectivity index (χ4v) is 2.80. The lowest BCUT2D eigenvalue weighted by atomic mass is 10.1. The van der Waals surface area contributed by atoms with Gasteiger partial charge in [-0.25, -0.2) is 0 Å². The Balaban J connectivity index is 2.00. The van der Waals surface area contributed by atoms with Gasteiger partial charge in [-0.1, -0.05) is 13.8 Å². The summed E-state index contributed by atoms with van der Waals surface area (Å²) in [5.74, 6) is 0.471. The van der Waals surface area contributed by atoms with E-state index in [4.69, 9.17) is 0 Å². The fourth-order valence-electron chi connectivity index (χ4n) is 2.80. The molecular weight excluding hydrogens is 292 g/mol. The molecule has 0 unspecified atom stereocenters. The largest absolute Gasteiger partial charge is 0.341 e. The van der Waals surface area contributed by atoms with Crippen molar-refractivity contribution < 1.29 is 9.59 Å². The predicted octanol–water partition coefficient (Wildman–Crippen LogP) is 2.11. The Bertz CT molecular complexity index is 565. The average Bonchev–Trinajstić information content (AvgIpc) is 2.97. The Morgan fingerprint density at radius 1 is 1.39 bits per heavy atom. The van der Waals surface area contributed by atoms with Gasteiger partial charge in [0.25, 0.3) is 5.91 Å². The first kappa shape index (κ1) is 17.5. The second kappa shape index (κ2) is 7.62. The van der Waals surface area contributed by atoms with Gasteiger partial charge in [-0.05, 0) is 31.7 Å². The van der Waals surface area contributed by atoms with E-state index in [1.165, 1.54) is 0 Å². The molecule has 128 valence electrons. The van der Waals surface area contributed by atoms with E-state index in [2.05, 4.69) is 18.9 Å². The van der Waals surface area contributed by atoms with E-state index in [1.54, 1.807) is 16.6 Å². The highest BCUT2D eigenvalue weighted by atomic mass is 16.2. The van der Waals surface area contributed by atoms with Gasteiger partial charge < -0.3 is 9.80 Å². The van der Waals surface area contributed by atoms with E-state index in [0.29, 0.717) is 37.7 Å². The van der Waals surface area contributed by atoms with E-state index in [1.807, 2.05) is 17.9 Å². The van der Waals surface area contributed by atoms with Crippen molar-refractivity contribution in [3.05, 3.63) is 17.5 Å². The standard InChI is InChI=1S/C17H28N4O2/c1-5-21-15(12-14(18-21)13(2)3)17(23)19(4)10-11-20-9-7-6-8-16(20)22/h12-13H,5-11H2,1-4H3. The number of hydrogen-bond donors (Lipinski definition) is 0. The van der Waals surface area contributed by atoms with E-state index in [-0.39, 0.29) is 11.8 Å². The van der Waals surface area contributed by atoms with Crippen LogP contribution in [0.2, 0.25) is 0 Å². The zero-order valence-electron chi connectivity index (χ0n) is 14.7. The first-order valence-corrected chi connectivity index (χ1v) is 8.55. The van der Waals surface area contributed by atoms with Gasteiger partial charge in [0.05, 0.1) is 5.69 Å². The lowest BCUT2D eigenvalue weighted by Gasteiger charge is -2.28. The average molecular weight is 320 g/mol. The minimum absolute atomic E-state index is 0.0318. The highest BCUT2D eigenvalue weighted by molar-refractivity contribution is 5.92. The SMILES string of the molecule is CCn1nc(C(C)C)cc1C(=O)N(C)CCN1CCCCC1=O. The van der Waals surface area contributed by atoms with Gasteiger partial charge >= 0.3 is 0 Å². The molecule has 0 radical (unpaired) electrons. The normalized spacial score (nSPS) is 15.3. The van der Waals surface area contributed by atoms with Crippen molar-refractivity contribution in [3.63, 3.8) is 0 Å². The molecule has 6 nitrogen and oxygen atoms in total. The minimum atomic E-state index is -0.0318. The van der Waals surface area contributed by atoms with Gasteiger partial charge in [-0.3, -0.25) is 14.3 Å². The minimum Gasteiger partial charge on any atom is -0.341 e. The number of aromatic nitrogens is 2. The van der Waals surface area contributed by atoms with Crippen molar-refractivity contribution >= 4 is 11.8 Å². The topological polar surface area (TPSA) is 58.4 Å². The number of nitrogens with zero attached hydrogens (tertiary/aromatic N) is 4. The van der Waals surface area contributed by atoms with Crippen LogP contribution in [-0.2, 0) is 11.3 Å². The number of carbonyl (C=O) groups is 2. The van der Waals surface area contributed by atoms with Crippen molar-refractivity contribution in [2.45, 2.75) is 52.5 Å². The maximum absolute atomic E-state index is 12.7. The number of hydrogen-bond acceptors (Lipinski definition) is 3. The molecule has 0 N–H and O–H groups in total. The van der Waals surface area contributed by atoms with Crippen LogP contribution in [0.3, 0.4) is 0 Å². The van der Waals surface area contributed by atoms with Gasteiger partial charge in [0.15, 0.2) is 0 Å². The molecule has 2 heterocycles. The number of aryl methyl sites for hydroxylation is 1. The number of likely N-dealkylation sites (tertiary alicyclic amines) is 1. The van der Waals surface area contributed by atoms with Gasteiger partial charge in [-0.15, -0.1) is 0 Å². The second-order valence-corrected chi connectivity index (χ2v) is 6.49. The van der Waals surface area contributed by atoms with Crippen LogP contribution in [0, 0.1) is 0 Å². The van der Waals surface area contributed by atoms with E-state index in [0.717, 1.165) is 25.1 Å². The van der Waals surface area contributed by atoms with Crippen LogP contribution >= 0.6 is 0 Å². The lowest BCUT2D eigenvalue weighted by molar-refractivity contribution is -0.133. The predicted molar refractivity (Wildman–Crippen MR) is 89.4 cm³/mol. The Hall–Kier alpha value is -1.85. The summed E-state index contributed by atoms with van der Waals surface area (Å²) in [6.45, 7) is 8.77. The Kier molecular flexibility index (Phi) is 5.80. The second-order valence-electron chi connectivity index (χ2n) is 6.49. The van der Waals surface area contributed by atoms with Gasteiger partial charge in [0.1, 0.15) is 5.69 Å². The summed E-state index contributed by atoms with van der Waals surface area (Å²) >= 11 is 0. The fraction of sp³-hybridized carbons (Fsp3) is 0.706. The third-order valence-corrected chi connectivity index (χ3v) is 4.38. The van der Waals surface area contributed by atoms with Crippen molar-refractivity contribution in [3.8, 4) is 0 Å². The van der Waals surface area contributed by atoms with Crippen LogP contribution in [0.5, 0.6) is 0 Å². The van der Waals surface area contributed by atoms with Crippen molar-refractivity contribution in [1.29, 1.82) is 0 Å². The maximum atomic E-state index is 12.7. The summed E-state index contributed by atoms with van der Waals surface area (Å²) in [6, 6.07) is 1.89. The van der Waals surface area contributed by atoms with Gasteiger partial charge in [0, 0.05) is 39.6 Å². The Labute approximate surface area is 138 Å². The van der Waals surface area contributed by atoms with Crippen LogP contribution in [0.4, 0.5) is 0 Å². The van der Waals surface area contributed by atoms with E-state index in [9.17, 15) is 9.59 Å². The molecule has 0 aromatic carbocycles. The number of likely N-dealkylation sites (N-methyl/N-ethyl adjacent to an activating group) is 1. The molecule has 1 saturated heterocycles. The number of amides is 2. The van der Waals surface area contributed by atoms with E-state index < -0.39 is 0 Å². The molecule has 0 saturated carbocycles. The Morgan fingerprint density at radius 3 is 2.74 bits per heavy atom. The number of rotatable bonds is 6. The van der Waals surface area contributed by atoms with Crippen LogP contribution in [0.15, 0.2) is 6.07 Å². The third-order valence-electron chi connectivity index (χ3n) is 4.38. The summed E-state index contributed by atoms with van der Waals surface area (Å²) < 4.78 is 1.76. The van der Waals surface area contributed by atoms with Crippen LogP contribution in [0.25, 0.3) is 0 Å². The Morgan fingerprint density at radius 2 is 2.13 bits per heavy atom. The molecule has 1 fully saturated rings. The summed E-state index contributed by atoms with van der Waals surface area (Å²) in [7, 11) is 1.79. The quantitative estimate of drug-likeness (QED) is 0.806.